The Kier molecular flexibility index (Phi) is 5.11. The van der Waals surface area contributed by atoms with Gasteiger partial charge in [-0.2, -0.15) is 0 Å². The maximum Gasteiger partial charge on any atom is 0.326 e. The van der Waals surface area contributed by atoms with E-state index >= 15 is 0 Å². The minimum Gasteiger partial charge on any atom is -0.456 e. The van der Waals surface area contributed by atoms with Crippen molar-refractivity contribution in [2.75, 3.05) is 13.2 Å². The fraction of sp³-hybridized carbons (Fsp3) is 0.0741. The summed E-state index contributed by atoms with van der Waals surface area (Å²) >= 11 is 0. The number of carbonyl (C=O) groups is 3. The maximum absolute atomic E-state index is 13.2. The number of benzene rings is 3. The van der Waals surface area contributed by atoms with Crippen LogP contribution < -0.4 is 0 Å². The van der Waals surface area contributed by atoms with Gasteiger partial charge in [0, 0.05) is 27.7 Å². The predicted octanol–water partition coefficient (Wildman–Crippen LogP) is 4.69. The largest absolute Gasteiger partial charge is 0.456 e. The highest BCUT2D eigenvalue weighted by Gasteiger charge is 2.32. The number of carbonyl (C=O) groups excluding carboxylic acids is 3. The number of rotatable bonds is 6. The van der Waals surface area contributed by atoms with E-state index < -0.39 is 12.6 Å². The lowest BCUT2D eigenvalue weighted by molar-refractivity contribution is -0.142. The third-order valence-corrected chi connectivity index (χ3v) is 5.74. The van der Waals surface area contributed by atoms with Crippen LogP contribution >= 0.6 is 0 Å². The third-order valence-electron chi connectivity index (χ3n) is 5.74. The summed E-state index contributed by atoms with van der Waals surface area (Å²) in [7, 11) is 0. The minimum atomic E-state index is -0.674. The second-order valence-corrected chi connectivity index (χ2v) is 7.75. The molecule has 0 bridgehead atoms. The Hall–Kier alpha value is -4.45. The molecule has 33 heavy (non-hydrogen) atoms. The van der Waals surface area contributed by atoms with Gasteiger partial charge in [0.2, 0.25) is 5.78 Å². The summed E-state index contributed by atoms with van der Waals surface area (Å²) in [6.07, 6.45) is 0. The Labute approximate surface area is 190 Å². The fourth-order valence-electron chi connectivity index (χ4n) is 4.15. The molecule has 1 aromatic heterocycles. The molecule has 5 rings (SSSR count). The van der Waals surface area contributed by atoms with Gasteiger partial charge >= 0.3 is 5.97 Å². The standard InChI is InChI=1S/C27H20N2O4/c1-17-19-11-5-6-12-20(19)27(32)29(17)15-24(31)33-16-23(30)25-21-13-7-8-14-22(21)28-26(25)18-9-3-2-4-10-18/h2-14,28H,1,15-16H2. The number of nitrogens with one attached hydrogen (secondary N) is 1. The second kappa shape index (κ2) is 8.24. The van der Waals surface area contributed by atoms with Crippen molar-refractivity contribution in [3.63, 3.8) is 0 Å². The van der Waals surface area contributed by atoms with Gasteiger partial charge in [0.25, 0.3) is 5.91 Å². The molecule has 0 saturated heterocycles. The first-order valence-electron chi connectivity index (χ1n) is 10.5. The number of ketones is 1. The predicted molar refractivity (Wildman–Crippen MR) is 126 cm³/mol. The highest BCUT2D eigenvalue weighted by molar-refractivity contribution is 6.14. The van der Waals surface area contributed by atoms with E-state index in [9.17, 15) is 14.4 Å². The van der Waals surface area contributed by atoms with Gasteiger partial charge in [0.15, 0.2) is 6.61 Å². The number of nitrogens with zero attached hydrogens (tertiary/aromatic N) is 1. The SMILES string of the molecule is C=C1c2ccccc2C(=O)N1CC(=O)OCC(=O)c1c(-c2ccccc2)[nH]c2ccccc12. The minimum absolute atomic E-state index is 0.304. The molecule has 3 aromatic carbocycles. The van der Waals surface area contributed by atoms with Crippen LogP contribution in [0.1, 0.15) is 26.3 Å². The lowest BCUT2D eigenvalue weighted by Crippen LogP contribution is -2.31. The van der Waals surface area contributed by atoms with E-state index in [2.05, 4.69) is 11.6 Å². The molecule has 0 saturated carbocycles. The van der Waals surface area contributed by atoms with Crippen LogP contribution in [0.15, 0.2) is 85.4 Å². The third kappa shape index (κ3) is 3.61. The van der Waals surface area contributed by atoms with Crippen molar-refractivity contribution in [2.45, 2.75) is 0 Å². The molecule has 1 aliphatic heterocycles. The number of H-pyrrole nitrogens is 1. The number of aromatic nitrogens is 1. The van der Waals surface area contributed by atoms with Crippen LogP contribution in [-0.2, 0) is 9.53 Å². The number of esters is 1. The van der Waals surface area contributed by atoms with Crippen molar-refractivity contribution in [1.29, 1.82) is 0 Å². The van der Waals surface area contributed by atoms with Crippen molar-refractivity contribution in [2.24, 2.45) is 0 Å². The zero-order valence-electron chi connectivity index (χ0n) is 17.7. The van der Waals surface area contributed by atoms with Crippen molar-refractivity contribution in [1.82, 2.24) is 9.88 Å². The van der Waals surface area contributed by atoms with Gasteiger partial charge in [-0.15, -0.1) is 0 Å². The molecule has 4 aromatic rings. The van der Waals surface area contributed by atoms with Gasteiger partial charge in [-0.3, -0.25) is 19.3 Å². The zero-order chi connectivity index (χ0) is 22.9. The fourth-order valence-corrected chi connectivity index (χ4v) is 4.15. The molecule has 1 N–H and O–H groups in total. The van der Waals surface area contributed by atoms with E-state index in [1.54, 1.807) is 18.2 Å². The monoisotopic (exact) mass is 436 g/mol. The summed E-state index contributed by atoms with van der Waals surface area (Å²) < 4.78 is 5.29. The van der Waals surface area contributed by atoms with Gasteiger partial charge in [-0.05, 0) is 17.7 Å². The summed E-state index contributed by atoms with van der Waals surface area (Å²) in [5, 5.41) is 0.760. The highest BCUT2D eigenvalue weighted by atomic mass is 16.5. The summed E-state index contributed by atoms with van der Waals surface area (Å²) in [4.78, 5) is 42.9. The van der Waals surface area contributed by atoms with Gasteiger partial charge in [0.1, 0.15) is 6.54 Å². The molecular formula is C27H20N2O4. The van der Waals surface area contributed by atoms with Gasteiger partial charge in [0.05, 0.1) is 11.3 Å². The molecule has 2 heterocycles. The molecular weight excluding hydrogens is 416 g/mol. The van der Waals surface area contributed by atoms with Crippen LogP contribution in [0, 0.1) is 0 Å². The topological polar surface area (TPSA) is 79.5 Å². The van der Waals surface area contributed by atoms with Gasteiger partial charge in [-0.1, -0.05) is 73.3 Å². The summed E-state index contributed by atoms with van der Waals surface area (Å²) in [6, 6.07) is 24.1. The maximum atomic E-state index is 13.2. The van der Waals surface area contributed by atoms with E-state index in [4.69, 9.17) is 4.74 Å². The smallest absolute Gasteiger partial charge is 0.326 e. The molecule has 0 unspecified atom stereocenters. The quantitative estimate of drug-likeness (QED) is 0.351. The Morgan fingerprint density at radius 2 is 1.55 bits per heavy atom. The number of ether oxygens (including phenoxy) is 1. The van der Waals surface area contributed by atoms with Crippen molar-refractivity contribution in [3.05, 3.63) is 102 Å². The molecule has 0 aliphatic carbocycles. The van der Waals surface area contributed by atoms with Gasteiger partial charge < -0.3 is 9.72 Å². The molecule has 0 radical (unpaired) electrons. The van der Waals surface area contributed by atoms with Crippen molar-refractivity contribution >= 4 is 34.3 Å². The first-order valence-corrected chi connectivity index (χ1v) is 10.5. The Bertz CT molecular complexity index is 1380. The molecule has 6 nitrogen and oxygen atoms in total. The van der Waals surface area contributed by atoms with Gasteiger partial charge in [-0.25, -0.2) is 0 Å². The molecule has 1 aliphatic rings. The number of para-hydroxylation sites is 1. The van der Waals surface area contributed by atoms with E-state index in [1.807, 2.05) is 60.7 Å². The number of fused-ring (bicyclic) bond motifs is 2. The number of hydrogen-bond donors (Lipinski definition) is 1. The van der Waals surface area contributed by atoms with E-state index in [0.717, 1.165) is 16.5 Å². The summed E-state index contributed by atoms with van der Waals surface area (Å²) in [5.74, 6) is -1.30. The van der Waals surface area contributed by atoms with Crippen LogP contribution in [0.4, 0.5) is 0 Å². The molecule has 0 spiro atoms. The molecule has 1 amide bonds. The van der Waals surface area contributed by atoms with E-state index in [-0.39, 0.29) is 18.2 Å². The number of aromatic amines is 1. The molecule has 0 fully saturated rings. The van der Waals surface area contributed by atoms with Crippen LogP contribution in [0.2, 0.25) is 0 Å². The Morgan fingerprint density at radius 3 is 2.30 bits per heavy atom. The lowest BCUT2D eigenvalue weighted by Gasteiger charge is -2.16. The number of Topliss-reactive ketones (excluding diaryl/α,β-unsaturated/α-hetero) is 1. The number of amides is 1. The van der Waals surface area contributed by atoms with Crippen molar-refractivity contribution < 1.29 is 19.1 Å². The zero-order valence-corrected chi connectivity index (χ0v) is 17.7. The molecule has 6 heteroatoms. The summed E-state index contributed by atoms with van der Waals surface area (Å²) in [5.41, 5.74) is 4.47. The van der Waals surface area contributed by atoms with Crippen LogP contribution in [0.5, 0.6) is 0 Å². The average molecular weight is 436 g/mol. The van der Waals surface area contributed by atoms with E-state index in [0.29, 0.717) is 28.1 Å². The van der Waals surface area contributed by atoms with Crippen molar-refractivity contribution in [3.8, 4) is 11.3 Å². The normalized spacial score (nSPS) is 12.8. The first-order chi connectivity index (χ1) is 16.0. The molecule has 0 atom stereocenters. The first kappa shape index (κ1) is 20.5. The highest BCUT2D eigenvalue weighted by Crippen LogP contribution is 2.32. The van der Waals surface area contributed by atoms with Crippen LogP contribution in [0.25, 0.3) is 27.9 Å². The Morgan fingerprint density at radius 1 is 0.879 bits per heavy atom. The van der Waals surface area contributed by atoms with E-state index in [1.165, 1.54) is 4.90 Å². The lowest BCUT2D eigenvalue weighted by atomic mass is 10.0. The molecule has 162 valence electrons. The van der Waals surface area contributed by atoms with Crippen LogP contribution in [0.3, 0.4) is 0 Å². The Balaban J connectivity index is 1.34. The summed E-state index contributed by atoms with van der Waals surface area (Å²) in [6.45, 7) is 3.19. The average Bonchev–Trinajstić information content (AvgIpc) is 3.35. The number of hydrogen-bond acceptors (Lipinski definition) is 4. The van der Waals surface area contributed by atoms with Crippen LogP contribution in [-0.4, -0.2) is 40.7 Å². The second-order valence-electron chi connectivity index (χ2n) is 7.75.